The summed E-state index contributed by atoms with van der Waals surface area (Å²) in [5, 5.41) is 3.31. The molecule has 1 aliphatic rings. The van der Waals surface area contributed by atoms with Gasteiger partial charge < -0.3 is 10.1 Å². The first-order valence-electron chi connectivity index (χ1n) is 6.62. The number of carbonyl (C=O) groups is 1. The Hall–Kier alpha value is -1.35. The van der Waals surface area contributed by atoms with Gasteiger partial charge in [0, 0.05) is 0 Å². The van der Waals surface area contributed by atoms with E-state index in [9.17, 15) is 4.79 Å². The Labute approximate surface area is 109 Å². The number of carbonyl (C=O) groups excluding carboxylic acids is 1. The van der Waals surface area contributed by atoms with Gasteiger partial charge >= 0.3 is 5.97 Å². The van der Waals surface area contributed by atoms with Crippen LogP contribution in [0.25, 0.3) is 0 Å². The lowest BCUT2D eigenvalue weighted by atomic mass is 9.99. The number of esters is 1. The maximum absolute atomic E-state index is 12.0. The quantitative estimate of drug-likeness (QED) is 0.834. The first kappa shape index (κ1) is 13.1. The summed E-state index contributed by atoms with van der Waals surface area (Å²) in [6.07, 6.45) is 2.19. The van der Waals surface area contributed by atoms with E-state index >= 15 is 0 Å². The average Bonchev–Trinajstić information content (AvgIpc) is 2.37. The predicted octanol–water partition coefficient (Wildman–Crippen LogP) is 2.46. The van der Waals surface area contributed by atoms with Crippen LogP contribution in [-0.4, -0.2) is 25.7 Å². The van der Waals surface area contributed by atoms with Gasteiger partial charge in [-0.15, -0.1) is 0 Å². The normalized spacial score (nSPS) is 16.6. The van der Waals surface area contributed by atoms with Crippen molar-refractivity contribution in [3.05, 3.63) is 34.9 Å². The molecular formula is C15H21NO2. The fraction of sp³-hybridized carbons (Fsp3) is 0.533. The van der Waals surface area contributed by atoms with Crippen molar-refractivity contribution < 1.29 is 9.53 Å². The number of piperidine rings is 1. The highest BCUT2D eigenvalue weighted by atomic mass is 16.5. The molecule has 1 N–H and O–H groups in total. The molecule has 0 spiro atoms. The summed E-state index contributed by atoms with van der Waals surface area (Å²) < 4.78 is 5.42. The molecule has 0 bridgehead atoms. The van der Waals surface area contributed by atoms with Crippen LogP contribution in [0, 0.1) is 19.8 Å². The van der Waals surface area contributed by atoms with Gasteiger partial charge in [0.1, 0.15) is 0 Å². The van der Waals surface area contributed by atoms with Crippen molar-refractivity contribution in [2.75, 3.05) is 19.7 Å². The molecule has 18 heavy (non-hydrogen) atoms. The lowest BCUT2D eigenvalue weighted by Gasteiger charge is -2.22. The number of benzene rings is 1. The standard InChI is InChI=1S/C15H21NO2/c1-11-3-4-14(12(2)9-11)15(17)18-10-13-5-7-16-8-6-13/h3-4,9,13,16H,5-8,10H2,1-2H3. The molecule has 1 fully saturated rings. The van der Waals surface area contributed by atoms with E-state index in [-0.39, 0.29) is 5.97 Å². The molecule has 3 nitrogen and oxygen atoms in total. The van der Waals surface area contributed by atoms with Crippen molar-refractivity contribution >= 4 is 5.97 Å². The summed E-state index contributed by atoms with van der Waals surface area (Å²) in [6.45, 7) is 6.59. The Balaban J connectivity index is 1.90. The molecule has 0 aliphatic carbocycles. The molecule has 0 unspecified atom stereocenters. The lowest BCUT2D eigenvalue weighted by Crippen LogP contribution is -2.30. The molecule has 0 saturated carbocycles. The summed E-state index contributed by atoms with van der Waals surface area (Å²) in [5.74, 6) is 0.326. The van der Waals surface area contributed by atoms with Gasteiger partial charge in [0.2, 0.25) is 0 Å². The Morgan fingerprint density at radius 2 is 2.06 bits per heavy atom. The van der Waals surface area contributed by atoms with Crippen LogP contribution in [0.2, 0.25) is 0 Å². The molecule has 0 aromatic heterocycles. The molecular weight excluding hydrogens is 226 g/mol. The van der Waals surface area contributed by atoms with Gasteiger partial charge in [-0.05, 0) is 57.3 Å². The van der Waals surface area contributed by atoms with Crippen molar-refractivity contribution in [3.8, 4) is 0 Å². The molecule has 2 rings (SSSR count). The van der Waals surface area contributed by atoms with Crippen molar-refractivity contribution in [2.24, 2.45) is 5.92 Å². The fourth-order valence-corrected chi connectivity index (χ4v) is 2.36. The van der Waals surface area contributed by atoms with Crippen LogP contribution in [0.3, 0.4) is 0 Å². The highest BCUT2D eigenvalue weighted by Gasteiger charge is 2.16. The Kier molecular flexibility index (Phi) is 4.37. The molecule has 1 heterocycles. The zero-order chi connectivity index (χ0) is 13.0. The monoisotopic (exact) mass is 247 g/mol. The molecule has 0 amide bonds. The van der Waals surface area contributed by atoms with E-state index in [2.05, 4.69) is 5.32 Å². The summed E-state index contributed by atoms with van der Waals surface area (Å²) >= 11 is 0. The molecule has 98 valence electrons. The van der Waals surface area contributed by atoms with Crippen LogP contribution in [0.5, 0.6) is 0 Å². The molecule has 0 radical (unpaired) electrons. The summed E-state index contributed by atoms with van der Waals surface area (Å²) in [4.78, 5) is 12.0. The number of hydrogen-bond donors (Lipinski definition) is 1. The third-order valence-electron chi connectivity index (χ3n) is 3.51. The number of aryl methyl sites for hydroxylation is 2. The van der Waals surface area contributed by atoms with E-state index in [4.69, 9.17) is 4.74 Å². The van der Waals surface area contributed by atoms with Gasteiger partial charge in [-0.2, -0.15) is 0 Å². The number of hydrogen-bond acceptors (Lipinski definition) is 3. The van der Waals surface area contributed by atoms with Gasteiger partial charge in [-0.25, -0.2) is 4.79 Å². The van der Waals surface area contributed by atoms with Gasteiger partial charge in [0.25, 0.3) is 0 Å². The summed E-state index contributed by atoms with van der Waals surface area (Å²) in [6, 6.07) is 5.82. The Bertz CT molecular complexity index is 423. The van der Waals surface area contributed by atoms with Crippen molar-refractivity contribution in [1.82, 2.24) is 5.32 Å². The average molecular weight is 247 g/mol. The highest BCUT2D eigenvalue weighted by molar-refractivity contribution is 5.91. The van der Waals surface area contributed by atoms with Gasteiger partial charge in [0.05, 0.1) is 12.2 Å². The second-order valence-electron chi connectivity index (χ2n) is 5.11. The van der Waals surface area contributed by atoms with E-state index in [1.807, 2.05) is 32.0 Å². The Morgan fingerprint density at radius 3 is 2.72 bits per heavy atom. The maximum Gasteiger partial charge on any atom is 0.338 e. The highest BCUT2D eigenvalue weighted by Crippen LogP contribution is 2.15. The number of rotatable bonds is 3. The van der Waals surface area contributed by atoms with Crippen LogP contribution in [0.15, 0.2) is 18.2 Å². The lowest BCUT2D eigenvalue weighted by molar-refractivity contribution is 0.0415. The van der Waals surface area contributed by atoms with Gasteiger partial charge in [-0.3, -0.25) is 0 Å². The van der Waals surface area contributed by atoms with Crippen LogP contribution in [0.1, 0.15) is 34.3 Å². The van der Waals surface area contributed by atoms with Crippen LogP contribution < -0.4 is 5.32 Å². The van der Waals surface area contributed by atoms with Crippen LogP contribution in [-0.2, 0) is 4.74 Å². The second-order valence-corrected chi connectivity index (χ2v) is 5.11. The van der Waals surface area contributed by atoms with Crippen molar-refractivity contribution in [3.63, 3.8) is 0 Å². The zero-order valence-corrected chi connectivity index (χ0v) is 11.2. The number of nitrogens with one attached hydrogen (secondary N) is 1. The van der Waals surface area contributed by atoms with E-state index in [1.54, 1.807) is 0 Å². The first-order chi connectivity index (χ1) is 8.66. The Morgan fingerprint density at radius 1 is 1.33 bits per heavy atom. The minimum absolute atomic E-state index is 0.189. The van der Waals surface area contributed by atoms with Gasteiger partial charge in [0.15, 0.2) is 0 Å². The van der Waals surface area contributed by atoms with Crippen molar-refractivity contribution in [1.29, 1.82) is 0 Å². The van der Waals surface area contributed by atoms with Crippen molar-refractivity contribution in [2.45, 2.75) is 26.7 Å². The molecule has 3 heteroatoms. The molecule has 0 atom stereocenters. The van der Waals surface area contributed by atoms with E-state index < -0.39 is 0 Å². The van der Waals surface area contributed by atoms with E-state index in [0.717, 1.165) is 31.5 Å². The third-order valence-corrected chi connectivity index (χ3v) is 3.51. The third kappa shape index (κ3) is 3.33. The van der Waals surface area contributed by atoms with E-state index in [1.165, 1.54) is 5.56 Å². The second kappa shape index (κ2) is 6.01. The minimum Gasteiger partial charge on any atom is -0.462 e. The zero-order valence-electron chi connectivity index (χ0n) is 11.2. The smallest absolute Gasteiger partial charge is 0.338 e. The molecule has 1 aliphatic heterocycles. The fourth-order valence-electron chi connectivity index (χ4n) is 2.36. The SMILES string of the molecule is Cc1ccc(C(=O)OCC2CCNCC2)c(C)c1. The summed E-state index contributed by atoms with van der Waals surface area (Å²) in [7, 11) is 0. The maximum atomic E-state index is 12.0. The topological polar surface area (TPSA) is 38.3 Å². The van der Waals surface area contributed by atoms with Crippen LogP contribution >= 0.6 is 0 Å². The minimum atomic E-state index is -0.189. The predicted molar refractivity (Wildman–Crippen MR) is 71.8 cm³/mol. The largest absolute Gasteiger partial charge is 0.462 e. The van der Waals surface area contributed by atoms with Crippen LogP contribution in [0.4, 0.5) is 0 Å². The van der Waals surface area contributed by atoms with E-state index in [0.29, 0.717) is 18.1 Å². The molecule has 1 aromatic rings. The number of ether oxygens (including phenoxy) is 1. The first-order valence-corrected chi connectivity index (χ1v) is 6.62. The molecule has 1 aromatic carbocycles. The summed E-state index contributed by atoms with van der Waals surface area (Å²) in [5.41, 5.74) is 2.85. The molecule has 1 saturated heterocycles. The van der Waals surface area contributed by atoms with Gasteiger partial charge in [-0.1, -0.05) is 17.7 Å².